The van der Waals surface area contributed by atoms with E-state index in [9.17, 15) is 4.79 Å². The van der Waals surface area contributed by atoms with Crippen molar-refractivity contribution in [2.75, 3.05) is 13.7 Å². The van der Waals surface area contributed by atoms with Gasteiger partial charge in [-0.2, -0.15) is 0 Å². The Bertz CT molecular complexity index is 417. The van der Waals surface area contributed by atoms with Crippen molar-refractivity contribution >= 4 is 5.97 Å². The van der Waals surface area contributed by atoms with Crippen molar-refractivity contribution < 1.29 is 9.53 Å². The molecule has 0 aromatic carbocycles. The summed E-state index contributed by atoms with van der Waals surface area (Å²) >= 11 is 0. The molecule has 0 N–H and O–H groups in total. The molecule has 0 saturated carbocycles. The molecular formula is C14H20N2O2. The van der Waals surface area contributed by atoms with Gasteiger partial charge < -0.3 is 4.74 Å². The zero-order valence-electron chi connectivity index (χ0n) is 11.2. The van der Waals surface area contributed by atoms with Gasteiger partial charge in [-0.1, -0.05) is 6.07 Å². The van der Waals surface area contributed by atoms with Gasteiger partial charge in [0.15, 0.2) is 0 Å². The minimum absolute atomic E-state index is 0.0498. The lowest BCUT2D eigenvalue weighted by atomic mass is 9.88. The normalized spacial score (nSPS) is 22.9. The molecule has 1 aliphatic rings. The second kappa shape index (κ2) is 5.06. The van der Waals surface area contributed by atoms with Crippen molar-refractivity contribution in [2.24, 2.45) is 5.92 Å². The van der Waals surface area contributed by atoms with Gasteiger partial charge in [-0.25, -0.2) is 0 Å². The zero-order valence-corrected chi connectivity index (χ0v) is 11.2. The number of nitrogens with zero attached hydrogens (tertiary/aromatic N) is 2. The van der Waals surface area contributed by atoms with E-state index in [2.05, 4.69) is 23.7 Å². The van der Waals surface area contributed by atoms with E-state index < -0.39 is 0 Å². The van der Waals surface area contributed by atoms with Crippen molar-refractivity contribution in [1.82, 2.24) is 9.88 Å². The molecule has 2 heterocycles. The predicted molar refractivity (Wildman–Crippen MR) is 68.8 cm³/mol. The van der Waals surface area contributed by atoms with Crippen LogP contribution in [0.1, 0.15) is 26.0 Å². The Morgan fingerprint density at radius 1 is 1.56 bits per heavy atom. The maximum absolute atomic E-state index is 11.8. The highest BCUT2D eigenvalue weighted by atomic mass is 16.5. The lowest BCUT2D eigenvalue weighted by Crippen LogP contribution is -2.44. The molecule has 0 aliphatic carbocycles. The number of likely N-dealkylation sites (tertiary alicyclic amines) is 1. The highest BCUT2D eigenvalue weighted by Gasteiger charge is 2.45. The summed E-state index contributed by atoms with van der Waals surface area (Å²) in [5.74, 6) is -0.158. The molecule has 18 heavy (non-hydrogen) atoms. The van der Waals surface area contributed by atoms with Crippen molar-refractivity contribution in [3.05, 3.63) is 30.1 Å². The zero-order chi connectivity index (χ0) is 13.2. The molecule has 1 saturated heterocycles. The van der Waals surface area contributed by atoms with Crippen LogP contribution in [0.5, 0.6) is 0 Å². The van der Waals surface area contributed by atoms with Crippen LogP contribution in [0.4, 0.5) is 0 Å². The van der Waals surface area contributed by atoms with E-state index >= 15 is 0 Å². The average Bonchev–Trinajstić information content (AvgIpc) is 2.65. The van der Waals surface area contributed by atoms with Crippen LogP contribution in [0.25, 0.3) is 0 Å². The van der Waals surface area contributed by atoms with Crippen LogP contribution in [-0.2, 0) is 16.1 Å². The number of pyridine rings is 1. The minimum Gasteiger partial charge on any atom is -0.469 e. The molecule has 0 bridgehead atoms. The molecule has 4 nitrogen and oxygen atoms in total. The van der Waals surface area contributed by atoms with E-state index in [1.807, 2.05) is 18.2 Å². The van der Waals surface area contributed by atoms with Crippen molar-refractivity contribution in [2.45, 2.75) is 32.4 Å². The van der Waals surface area contributed by atoms with E-state index in [1.165, 1.54) is 7.11 Å². The molecule has 1 aromatic heterocycles. The van der Waals surface area contributed by atoms with Crippen LogP contribution in [-0.4, -0.2) is 35.0 Å². The Labute approximate surface area is 108 Å². The molecule has 0 spiro atoms. The molecular weight excluding hydrogens is 228 g/mol. The summed E-state index contributed by atoms with van der Waals surface area (Å²) in [6, 6.07) is 5.92. The largest absolute Gasteiger partial charge is 0.469 e. The lowest BCUT2D eigenvalue weighted by Gasteiger charge is -2.34. The number of hydrogen-bond acceptors (Lipinski definition) is 4. The van der Waals surface area contributed by atoms with Crippen LogP contribution in [0.15, 0.2) is 24.4 Å². The highest BCUT2D eigenvalue weighted by molar-refractivity contribution is 5.74. The summed E-state index contributed by atoms with van der Waals surface area (Å²) in [4.78, 5) is 18.4. The van der Waals surface area contributed by atoms with Gasteiger partial charge >= 0.3 is 5.97 Å². The second-order valence-corrected chi connectivity index (χ2v) is 5.26. The van der Waals surface area contributed by atoms with Crippen LogP contribution in [0.2, 0.25) is 0 Å². The van der Waals surface area contributed by atoms with E-state index in [-0.39, 0.29) is 17.4 Å². The van der Waals surface area contributed by atoms with Gasteiger partial charge in [0.25, 0.3) is 0 Å². The predicted octanol–water partition coefficient (Wildman–Crippen LogP) is 1.86. The first-order valence-corrected chi connectivity index (χ1v) is 6.28. The van der Waals surface area contributed by atoms with Crippen LogP contribution in [0.3, 0.4) is 0 Å². The fraction of sp³-hybridized carbons (Fsp3) is 0.571. The molecule has 4 heteroatoms. The van der Waals surface area contributed by atoms with Gasteiger partial charge in [0.2, 0.25) is 0 Å². The second-order valence-electron chi connectivity index (χ2n) is 5.26. The molecule has 2 rings (SSSR count). The monoisotopic (exact) mass is 248 g/mol. The van der Waals surface area contributed by atoms with Gasteiger partial charge in [0, 0.05) is 24.8 Å². The lowest BCUT2D eigenvalue weighted by molar-refractivity contribution is -0.148. The molecule has 98 valence electrons. The molecule has 1 aliphatic heterocycles. The Morgan fingerprint density at radius 2 is 2.33 bits per heavy atom. The van der Waals surface area contributed by atoms with Crippen molar-refractivity contribution in [1.29, 1.82) is 0 Å². The Hall–Kier alpha value is -1.42. The summed E-state index contributed by atoms with van der Waals surface area (Å²) in [5.41, 5.74) is 0.862. The molecule has 1 aromatic rings. The third kappa shape index (κ3) is 2.38. The standard InChI is InChI=1S/C14H20N2O2/c1-14(2)12(13(17)18-3)7-9-16(14)10-11-6-4-5-8-15-11/h4-6,8,12H,7,9-10H2,1-3H3. The molecule has 0 radical (unpaired) electrons. The Kier molecular flexibility index (Phi) is 3.66. The van der Waals surface area contributed by atoms with Crippen LogP contribution < -0.4 is 0 Å². The van der Waals surface area contributed by atoms with E-state index in [0.29, 0.717) is 0 Å². The first kappa shape index (κ1) is 13.0. The van der Waals surface area contributed by atoms with Crippen molar-refractivity contribution in [3.8, 4) is 0 Å². The van der Waals surface area contributed by atoms with Gasteiger partial charge in [-0.05, 0) is 32.4 Å². The smallest absolute Gasteiger partial charge is 0.310 e. The topological polar surface area (TPSA) is 42.4 Å². The molecule has 0 amide bonds. The molecule has 1 unspecified atom stereocenters. The Morgan fingerprint density at radius 3 is 2.94 bits per heavy atom. The maximum atomic E-state index is 11.8. The third-order valence-electron chi connectivity index (χ3n) is 3.92. The fourth-order valence-electron chi connectivity index (χ4n) is 2.67. The average molecular weight is 248 g/mol. The summed E-state index contributed by atoms with van der Waals surface area (Å²) in [6.07, 6.45) is 2.66. The number of methoxy groups -OCH3 is 1. The van der Waals surface area contributed by atoms with E-state index in [0.717, 1.165) is 25.2 Å². The summed E-state index contributed by atoms with van der Waals surface area (Å²) in [7, 11) is 1.46. The number of aromatic nitrogens is 1. The summed E-state index contributed by atoms with van der Waals surface area (Å²) in [6.45, 7) is 5.89. The quantitative estimate of drug-likeness (QED) is 0.766. The first-order chi connectivity index (χ1) is 8.55. The minimum atomic E-state index is -0.176. The summed E-state index contributed by atoms with van der Waals surface area (Å²) in [5, 5.41) is 0. The van der Waals surface area contributed by atoms with E-state index in [1.54, 1.807) is 6.20 Å². The molecule has 1 fully saturated rings. The maximum Gasteiger partial charge on any atom is 0.310 e. The number of rotatable bonds is 3. The Balaban J connectivity index is 2.10. The van der Waals surface area contributed by atoms with Gasteiger partial charge in [-0.15, -0.1) is 0 Å². The number of carbonyl (C=O) groups excluding carboxylic acids is 1. The highest BCUT2D eigenvalue weighted by Crippen LogP contribution is 2.36. The number of carbonyl (C=O) groups is 1. The summed E-state index contributed by atoms with van der Waals surface area (Å²) < 4.78 is 4.89. The molecule has 1 atom stereocenters. The fourth-order valence-corrected chi connectivity index (χ4v) is 2.67. The SMILES string of the molecule is COC(=O)C1CCN(Cc2ccccn2)C1(C)C. The number of hydrogen-bond donors (Lipinski definition) is 0. The van der Waals surface area contributed by atoms with Gasteiger partial charge in [0.05, 0.1) is 18.7 Å². The van der Waals surface area contributed by atoms with Gasteiger partial charge in [-0.3, -0.25) is 14.7 Å². The van der Waals surface area contributed by atoms with Gasteiger partial charge in [0.1, 0.15) is 0 Å². The first-order valence-electron chi connectivity index (χ1n) is 6.28. The van der Waals surface area contributed by atoms with Crippen molar-refractivity contribution in [3.63, 3.8) is 0 Å². The van der Waals surface area contributed by atoms with E-state index in [4.69, 9.17) is 4.74 Å². The van der Waals surface area contributed by atoms with Crippen LogP contribution >= 0.6 is 0 Å². The number of esters is 1. The number of ether oxygens (including phenoxy) is 1. The third-order valence-corrected chi connectivity index (χ3v) is 3.92. The van der Waals surface area contributed by atoms with Crippen LogP contribution in [0, 0.1) is 5.92 Å².